The van der Waals surface area contributed by atoms with Crippen LogP contribution in [0.4, 0.5) is 0 Å². The summed E-state index contributed by atoms with van der Waals surface area (Å²) < 4.78 is 38.3. The van der Waals surface area contributed by atoms with Gasteiger partial charge in [-0.3, -0.25) is 9.59 Å². The van der Waals surface area contributed by atoms with Gasteiger partial charge in [0.15, 0.2) is 12.1 Å². The number of esters is 1. The number of likely N-dealkylation sites (N-methyl/N-ethyl adjacent to an activating group) is 1. The monoisotopic (exact) mass is 651 g/mol. The van der Waals surface area contributed by atoms with E-state index in [2.05, 4.69) is 17.9 Å². The first-order chi connectivity index (χ1) is 21.5. The molecule has 3 aliphatic heterocycles. The van der Waals surface area contributed by atoms with Crippen LogP contribution in [0.5, 0.6) is 0 Å². The molecule has 1 N–H and O–H groups in total. The van der Waals surface area contributed by atoms with E-state index in [4.69, 9.17) is 28.4 Å². The van der Waals surface area contributed by atoms with Crippen molar-refractivity contribution in [1.29, 1.82) is 0 Å². The van der Waals surface area contributed by atoms with E-state index in [9.17, 15) is 14.7 Å². The number of carbonyl (C=O) groups is 2. The summed E-state index contributed by atoms with van der Waals surface area (Å²) in [6.45, 7) is 17.5. The number of cyclic esters (lactones) is 1. The van der Waals surface area contributed by atoms with E-state index in [0.717, 1.165) is 12.0 Å². The van der Waals surface area contributed by atoms with E-state index in [1.165, 1.54) is 0 Å². The molecule has 0 aromatic carbocycles. The molecule has 46 heavy (non-hydrogen) atoms. The van der Waals surface area contributed by atoms with Gasteiger partial charge in [-0.15, -0.1) is 0 Å². The Kier molecular flexibility index (Phi) is 13.6. The average Bonchev–Trinajstić information content (AvgIpc) is 2.99. The highest BCUT2D eigenvalue weighted by Crippen LogP contribution is 2.42. The topological polar surface area (TPSA) is 113 Å². The van der Waals surface area contributed by atoms with E-state index >= 15 is 0 Å². The Morgan fingerprint density at radius 3 is 2.30 bits per heavy atom. The van der Waals surface area contributed by atoms with Crippen molar-refractivity contribution in [1.82, 2.24) is 4.90 Å². The predicted octanol–water partition coefficient (Wildman–Crippen LogP) is 4.72. The molecular weight excluding hydrogens is 590 g/mol. The van der Waals surface area contributed by atoms with Crippen molar-refractivity contribution in [2.45, 2.75) is 136 Å². The molecule has 13 atom stereocenters. The Bertz CT molecular complexity index is 1090. The Hall–Kier alpha value is -1.66. The van der Waals surface area contributed by atoms with Crippen molar-refractivity contribution in [3.8, 4) is 0 Å². The molecule has 0 aliphatic carbocycles. The van der Waals surface area contributed by atoms with Gasteiger partial charge in [-0.25, -0.2) is 0 Å². The fraction of sp³-hybridized carbons (Fsp3) is 0.833. The van der Waals surface area contributed by atoms with Gasteiger partial charge in [0.2, 0.25) is 0 Å². The van der Waals surface area contributed by atoms with Crippen LogP contribution in [0.2, 0.25) is 0 Å². The van der Waals surface area contributed by atoms with Crippen LogP contribution in [-0.4, -0.2) is 110 Å². The molecule has 0 aromatic rings. The lowest BCUT2D eigenvalue weighted by Crippen LogP contribution is -2.60. The fourth-order valence-electron chi connectivity index (χ4n) is 8.04. The fourth-order valence-corrected chi connectivity index (χ4v) is 8.04. The van der Waals surface area contributed by atoms with Crippen LogP contribution in [-0.2, 0) is 38.0 Å². The molecule has 3 aliphatic rings. The van der Waals surface area contributed by atoms with Gasteiger partial charge < -0.3 is 38.4 Å². The van der Waals surface area contributed by atoms with Crippen molar-refractivity contribution in [3.05, 3.63) is 23.8 Å². The number of nitrogens with zero attached hydrogens (tertiary/aromatic N) is 1. The Balaban J connectivity index is 2.24. The SMILES string of the molecule is C/C=C1\[C@H](C)C[C@@]2(C)OC/C=C\CO[C@H]([C@H]1C)[C@](C)(O)[C@@H](CC)OC(=O)C(C)C(=O)[C@H](C)[C@H]2O[C@@H]1O[C@H](C)C[C@H](N(C)C)[C@H]1OC. The Morgan fingerprint density at radius 1 is 1.07 bits per heavy atom. The minimum absolute atomic E-state index is 0.0234. The van der Waals surface area contributed by atoms with Gasteiger partial charge in [0.25, 0.3) is 0 Å². The van der Waals surface area contributed by atoms with Crippen molar-refractivity contribution < 1.29 is 43.1 Å². The molecule has 3 rings (SSSR count). The molecule has 0 amide bonds. The van der Waals surface area contributed by atoms with E-state index in [-0.39, 0.29) is 43.0 Å². The average molecular weight is 652 g/mol. The number of allylic oxidation sites excluding steroid dienone is 1. The number of hydrogen-bond acceptors (Lipinski definition) is 10. The number of ether oxygens (including phenoxy) is 6. The molecule has 0 saturated carbocycles. The first kappa shape index (κ1) is 38.8. The maximum atomic E-state index is 14.2. The van der Waals surface area contributed by atoms with Crippen molar-refractivity contribution in [3.63, 3.8) is 0 Å². The summed E-state index contributed by atoms with van der Waals surface area (Å²) in [6, 6.07) is 0.0234. The zero-order valence-electron chi connectivity index (χ0n) is 30.3. The molecule has 2 fully saturated rings. The van der Waals surface area contributed by atoms with Crippen LogP contribution < -0.4 is 0 Å². The van der Waals surface area contributed by atoms with Gasteiger partial charge in [0.05, 0.1) is 37.1 Å². The molecule has 3 heterocycles. The molecule has 1 unspecified atom stereocenters. The van der Waals surface area contributed by atoms with Gasteiger partial charge in [-0.1, -0.05) is 51.5 Å². The second kappa shape index (κ2) is 16.2. The lowest BCUT2D eigenvalue weighted by atomic mass is 9.72. The second-order valence-electron chi connectivity index (χ2n) is 14.3. The maximum absolute atomic E-state index is 14.2. The number of rotatable bonds is 5. The minimum Gasteiger partial charge on any atom is -0.459 e. The van der Waals surface area contributed by atoms with E-state index < -0.39 is 59.7 Å². The Labute approximate surface area is 277 Å². The number of fused-ring (bicyclic) bond motifs is 5. The summed E-state index contributed by atoms with van der Waals surface area (Å²) in [6.07, 6.45) is 3.72. The normalized spacial score (nSPS) is 45.3. The standard InChI is InChI=1S/C36H61NO9/c1-13-26-21(3)20-35(8)31(46-34-30(41-12)27(37(10)11)19-22(4)44-34)24(6)29(38)25(7)33(39)45-28(14-2)36(9,40)32(23(26)5)42-17-15-16-18-43-35/h13,15-16,21-25,27-28,30-32,34,40H,14,17-20H2,1-12H3/b16-15-,26-13+/t21-,22-,23+,24+,25?,27+,28-,30-,31-,32-,34+,35-,36-/m1/s1. The molecule has 2 bridgehead atoms. The molecule has 264 valence electrons. The minimum atomic E-state index is -1.53. The van der Waals surface area contributed by atoms with Crippen LogP contribution in [0.3, 0.4) is 0 Å². The van der Waals surface area contributed by atoms with Crippen molar-refractivity contribution in [2.75, 3.05) is 34.4 Å². The predicted molar refractivity (Wildman–Crippen MR) is 176 cm³/mol. The van der Waals surface area contributed by atoms with Crippen LogP contribution in [0, 0.1) is 23.7 Å². The summed E-state index contributed by atoms with van der Waals surface area (Å²) in [5.74, 6) is -3.19. The summed E-state index contributed by atoms with van der Waals surface area (Å²) in [4.78, 5) is 30.0. The number of ketones is 1. The smallest absolute Gasteiger partial charge is 0.316 e. The van der Waals surface area contributed by atoms with Gasteiger partial charge in [0.1, 0.15) is 23.7 Å². The number of aliphatic hydroxyl groups is 1. The van der Waals surface area contributed by atoms with E-state index in [0.29, 0.717) is 12.8 Å². The van der Waals surface area contributed by atoms with Crippen LogP contribution in [0.1, 0.15) is 81.6 Å². The van der Waals surface area contributed by atoms with Crippen LogP contribution >= 0.6 is 0 Å². The molecule has 0 aromatic heterocycles. The lowest BCUT2D eigenvalue weighted by Gasteiger charge is -2.48. The molecule has 10 nitrogen and oxygen atoms in total. The quantitative estimate of drug-likeness (QED) is 0.255. The highest BCUT2D eigenvalue weighted by atomic mass is 16.7. The third kappa shape index (κ3) is 8.31. The molecule has 10 heteroatoms. The number of Topliss-reactive ketones (excluding diaryl/α,β-unsaturated/α-hetero) is 1. The lowest BCUT2D eigenvalue weighted by molar-refractivity contribution is -0.300. The largest absolute Gasteiger partial charge is 0.459 e. The number of methoxy groups -OCH3 is 1. The third-order valence-corrected chi connectivity index (χ3v) is 10.6. The van der Waals surface area contributed by atoms with Crippen molar-refractivity contribution >= 4 is 11.8 Å². The van der Waals surface area contributed by atoms with E-state index in [1.54, 1.807) is 27.9 Å². The van der Waals surface area contributed by atoms with E-state index in [1.807, 2.05) is 60.9 Å². The first-order valence-electron chi connectivity index (χ1n) is 17.1. The first-order valence-corrected chi connectivity index (χ1v) is 17.1. The van der Waals surface area contributed by atoms with Crippen LogP contribution in [0.25, 0.3) is 0 Å². The number of hydrogen-bond donors (Lipinski definition) is 1. The maximum Gasteiger partial charge on any atom is 0.316 e. The summed E-state index contributed by atoms with van der Waals surface area (Å²) in [7, 11) is 5.67. The Morgan fingerprint density at radius 2 is 1.72 bits per heavy atom. The molecular formula is C36H61NO9. The highest BCUT2D eigenvalue weighted by Gasteiger charge is 2.52. The van der Waals surface area contributed by atoms with Gasteiger partial charge in [-0.05, 0) is 73.9 Å². The zero-order chi connectivity index (χ0) is 34.6. The van der Waals surface area contributed by atoms with Gasteiger partial charge in [0, 0.05) is 25.0 Å². The summed E-state index contributed by atoms with van der Waals surface area (Å²) in [5.41, 5.74) is -1.47. The molecule has 0 radical (unpaired) electrons. The van der Waals surface area contributed by atoms with Crippen molar-refractivity contribution in [2.24, 2.45) is 23.7 Å². The molecule has 2 saturated heterocycles. The highest BCUT2D eigenvalue weighted by molar-refractivity contribution is 6.00. The number of carbonyl (C=O) groups excluding carboxylic acids is 2. The summed E-state index contributed by atoms with van der Waals surface area (Å²) in [5, 5.41) is 12.1. The van der Waals surface area contributed by atoms with Gasteiger partial charge in [-0.2, -0.15) is 0 Å². The zero-order valence-corrected chi connectivity index (χ0v) is 30.3. The summed E-state index contributed by atoms with van der Waals surface area (Å²) >= 11 is 0. The van der Waals surface area contributed by atoms with Crippen LogP contribution in [0.15, 0.2) is 23.8 Å². The van der Waals surface area contributed by atoms with Gasteiger partial charge >= 0.3 is 5.97 Å². The third-order valence-electron chi connectivity index (χ3n) is 10.6. The second-order valence-corrected chi connectivity index (χ2v) is 14.3. The molecule has 0 spiro atoms.